The first-order valence-corrected chi connectivity index (χ1v) is 10.2. The van der Waals surface area contributed by atoms with Gasteiger partial charge in [0.1, 0.15) is 16.8 Å². The van der Waals surface area contributed by atoms with E-state index in [0.29, 0.717) is 16.7 Å². The summed E-state index contributed by atoms with van der Waals surface area (Å²) in [5.74, 6) is 1.55. The first kappa shape index (κ1) is 19.8. The number of ether oxygens (including phenoxy) is 1. The average molecular weight is 420 g/mol. The van der Waals surface area contributed by atoms with Crippen LogP contribution in [0, 0.1) is 6.92 Å². The van der Waals surface area contributed by atoms with Crippen LogP contribution in [-0.4, -0.2) is 27.7 Å². The minimum atomic E-state index is -0.532. The van der Waals surface area contributed by atoms with Crippen LogP contribution in [-0.2, 0) is 4.79 Å². The summed E-state index contributed by atoms with van der Waals surface area (Å²) in [7, 11) is 1.63. The van der Waals surface area contributed by atoms with Crippen LogP contribution in [0.3, 0.4) is 0 Å². The molecule has 0 aliphatic carbocycles. The Balaban J connectivity index is 1.64. The van der Waals surface area contributed by atoms with Crippen molar-refractivity contribution in [1.82, 2.24) is 14.7 Å². The van der Waals surface area contributed by atoms with Gasteiger partial charge in [0.05, 0.1) is 12.8 Å². The number of hydrogen-bond acceptors (Lipinski definition) is 6. The number of hydrogen-bond donors (Lipinski definition) is 1. The molecular formula is C22H20N4O3S. The number of methoxy groups -OCH3 is 1. The zero-order chi connectivity index (χ0) is 20.9. The number of amides is 1. The molecule has 0 saturated carbocycles. The SMILES string of the molecule is COc1cccc(-n2ccnc2S[C@@H](C(=O)Nc2cc(C)on2)c2ccccc2)c1. The monoisotopic (exact) mass is 420 g/mol. The number of rotatable bonds is 7. The number of aryl methyl sites for hydroxylation is 1. The zero-order valence-electron chi connectivity index (χ0n) is 16.5. The maximum atomic E-state index is 13.1. The summed E-state index contributed by atoms with van der Waals surface area (Å²) >= 11 is 1.36. The van der Waals surface area contributed by atoms with E-state index < -0.39 is 5.25 Å². The van der Waals surface area contributed by atoms with Gasteiger partial charge in [-0.05, 0) is 24.6 Å². The number of nitrogens with one attached hydrogen (secondary N) is 1. The molecule has 4 rings (SSSR count). The lowest BCUT2D eigenvalue weighted by atomic mass is 10.1. The maximum absolute atomic E-state index is 13.1. The van der Waals surface area contributed by atoms with Crippen molar-refractivity contribution in [2.75, 3.05) is 12.4 Å². The fourth-order valence-electron chi connectivity index (χ4n) is 2.96. The van der Waals surface area contributed by atoms with E-state index >= 15 is 0 Å². The van der Waals surface area contributed by atoms with E-state index in [9.17, 15) is 4.79 Å². The van der Waals surface area contributed by atoms with Crippen LogP contribution in [0.15, 0.2) is 82.7 Å². The van der Waals surface area contributed by atoms with E-state index in [1.165, 1.54) is 11.8 Å². The smallest absolute Gasteiger partial charge is 0.243 e. The molecule has 1 amide bonds. The van der Waals surface area contributed by atoms with Gasteiger partial charge in [-0.15, -0.1) is 0 Å². The molecule has 8 heteroatoms. The van der Waals surface area contributed by atoms with E-state index in [0.717, 1.165) is 17.0 Å². The van der Waals surface area contributed by atoms with Gasteiger partial charge in [0.25, 0.3) is 0 Å². The molecule has 0 bridgehead atoms. The maximum Gasteiger partial charge on any atom is 0.243 e. The number of aromatic nitrogens is 3. The second-order valence-electron chi connectivity index (χ2n) is 6.50. The van der Waals surface area contributed by atoms with Gasteiger partial charge < -0.3 is 14.6 Å². The van der Waals surface area contributed by atoms with E-state index in [4.69, 9.17) is 9.26 Å². The van der Waals surface area contributed by atoms with Gasteiger partial charge in [-0.25, -0.2) is 4.98 Å². The molecular weight excluding hydrogens is 400 g/mol. The van der Waals surface area contributed by atoms with Gasteiger partial charge >= 0.3 is 0 Å². The van der Waals surface area contributed by atoms with Gasteiger partial charge in [0.15, 0.2) is 11.0 Å². The zero-order valence-corrected chi connectivity index (χ0v) is 17.3. The Kier molecular flexibility index (Phi) is 5.85. The van der Waals surface area contributed by atoms with Crippen molar-refractivity contribution < 1.29 is 14.1 Å². The molecule has 1 atom stereocenters. The lowest BCUT2D eigenvalue weighted by Gasteiger charge is -2.17. The van der Waals surface area contributed by atoms with Crippen LogP contribution in [0.5, 0.6) is 5.75 Å². The molecule has 0 spiro atoms. The quantitative estimate of drug-likeness (QED) is 0.438. The standard InChI is InChI=1S/C22H20N4O3S/c1-15-13-19(25-29-15)24-21(27)20(16-7-4-3-5-8-16)30-22-23-11-12-26(22)17-9-6-10-18(14-17)28-2/h3-14,20H,1-2H3,(H,24,25,27)/t20-/m1/s1. The summed E-state index contributed by atoms with van der Waals surface area (Å²) < 4.78 is 12.3. The van der Waals surface area contributed by atoms with E-state index in [2.05, 4.69) is 15.5 Å². The summed E-state index contributed by atoms with van der Waals surface area (Å²) in [6.45, 7) is 1.77. The molecule has 0 radical (unpaired) electrons. The molecule has 2 heterocycles. The number of nitrogens with zero attached hydrogens (tertiary/aromatic N) is 3. The highest BCUT2D eigenvalue weighted by Crippen LogP contribution is 2.36. The van der Waals surface area contributed by atoms with Crippen molar-refractivity contribution in [3.8, 4) is 11.4 Å². The summed E-state index contributed by atoms with van der Waals surface area (Å²) in [6.07, 6.45) is 3.57. The molecule has 0 aliphatic heterocycles. The molecule has 2 aromatic heterocycles. The highest BCUT2D eigenvalue weighted by atomic mass is 32.2. The van der Waals surface area contributed by atoms with Crippen LogP contribution >= 0.6 is 11.8 Å². The number of anilines is 1. The molecule has 30 heavy (non-hydrogen) atoms. The van der Waals surface area contributed by atoms with Crippen LogP contribution < -0.4 is 10.1 Å². The third-order valence-electron chi connectivity index (χ3n) is 4.38. The Morgan fingerprint density at radius 1 is 1.17 bits per heavy atom. The summed E-state index contributed by atoms with van der Waals surface area (Å²) in [6, 6.07) is 18.9. The Labute approximate surface area is 178 Å². The fourth-order valence-corrected chi connectivity index (χ4v) is 4.03. The molecule has 0 saturated heterocycles. The number of carbonyl (C=O) groups is 1. The van der Waals surface area contributed by atoms with Gasteiger partial charge in [-0.2, -0.15) is 0 Å². The molecule has 1 N–H and O–H groups in total. The van der Waals surface area contributed by atoms with Gasteiger partial charge in [0.2, 0.25) is 5.91 Å². The number of imidazole rings is 1. The molecule has 2 aromatic carbocycles. The normalized spacial score (nSPS) is 11.8. The number of benzene rings is 2. The summed E-state index contributed by atoms with van der Waals surface area (Å²) in [4.78, 5) is 17.6. The Morgan fingerprint density at radius 2 is 2.00 bits per heavy atom. The van der Waals surface area contributed by atoms with Gasteiger partial charge in [-0.3, -0.25) is 9.36 Å². The Bertz CT molecular complexity index is 1140. The molecule has 0 aliphatic rings. The van der Waals surface area contributed by atoms with E-state index in [1.54, 1.807) is 26.3 Å². The third-order valence-corrected chi connectivity index (χ3v) is 5.62. The molecule has 4 aromatic rings. The minimum absolute atomic E-state index is 0.209. The molecule has 0 unspecified atom stereocenters. The lowest BCUT2D eigenvalue weighted by Crippen LogP contribution is -2.19. The molecule has 7 nitrogen and oxygen atoms in total. The second kappa shape index (κ2) is 8.87. The highest BCUT2D eigenvalue weighted by Gasteiger charge is 2.25. The van der Waals surface area contributed by atoms with Crippen molar-refractivity contribution in [3.63, 3.8) is 0 Å². The number of thioether (sulfide) groups is 1. The van der Waals surface area contributed by atoms with Crippen LogP contribution in [0.1, 0.15) is 16.6 Å². The van der Waals surface area contributed by atoms with Crippen LogP contribution in [0.25, 0.3) is 5.69 Å². The Morgan fingerprint density at radius 3 is 2.73 bits per heavy atom. The second-order valence-corrected chi connectivity index (χ2v) is 7.57. The summed E-state index contributed by atoms with van der Waals surface area (Å²) in [5, 5.41) is 6.84. The van der Waals surface area contributed by atoms with Crippen LogP contribution in [0.4, 0.5) is 5.82 Å². The lowest BCUT2D eigenvalue weighted by molar-refractivity contribution is -0.115. The minimum Gasteiger partial charge on any atom is -0.497 e. The van der Waals surface area contributed by atoms with Crippen molar-refractivity contribution in [2.24, 2.45) is 0 Å². The van der Waals surface area contributed by atoms with Crippen LogP contribution in [0.2, 0.25) is 0 Å². The fraction of sp³-hybridized carbons (Fsp3) is 0.136. The largest absolute Gasteiger partial charge is 0.497 e. The van der Waals surface area contributed by atoms with Crippen molar-refractivity contribution in [3.05, 3.63) is 84.4 Å². The van der Waals surface area contributed by atoms with Gasteiger partial charge in [-0.1, -0.05) is 53.3 Å². The highest BCUT2D eigenvalue weighted by molar-refractivity contribution is 8.00. The van der Waals surface area contributed by atoms with Gasteiger partial charge in [0, 0.05) is 24.5 Å². The van der Waals surface area contributed by atoms with E-state index in [-0.39, 0.29) is 5.91 Å². The van der Waals surface area contributed by atoms with Crippen molar-refractivity contribution in [2.45, 2.75) is 17.3 Å². The third kappa shape index (κ3) is 4.38. The first-order valence-electron chi connectivity index (χ1n) is 9.27. The molecule has 152 valence electrons. The Hall–Kier alpha value is -3.52. The topological polar surface area (TPSA) is 82.2 Å². The number of carbonyl (C=O) groups excluding carboxylic acids is 1. The van der Waals surface area contributed by atoms with Crippen molar-refractivity contribution >= 4 is 23.5 Å². The first-order chi connectivity index (χ1) is 14.6. The predicted octanol–water partition coefficient (Wildman–Crippen LogP) is 4.65. The van der Waals surface area contributed by atoms with E-state index in [1.807, 2.05) is 65.4 Å². The van der Waals surface area contributed by atoms with Crippen molar-refractivity contribution in [1.29, 1.82) is 0 Å². The average Bonchev–Trinajstić information content (AvgIpc) is 3.41. The summed E-state index contributed by atoms with van der Waals surface area (Å²) in [5.41, 5.74) is 1.76. The molecule has 0 fully saturated rings. The predicted molar refractivity (Wildman–Crippen MR) is 115 cm³/mol.